The molecule has 0 aromatic carbocycles. The molecule has 1 aliphatic heterocycles. The summed E-state index contributed by atoms with van der Waals surface area (Å²) >= 11 is 0. The van der Waals surface area contributed by atoms with Crippen molar-refractivity contribution >= 4 is 6.34 Å². The summed E-state index contributed by atoms with van der Waals surface area (Å²) in [6, 6.07) is 0.506. The molecule has 3 atom stereocenters. The lowest BCUT2D eigenvalue weighted by Gasteiger charge is -2.23. The van der Waals surface area contributed by atoms with Crippen LogP contribution in [-0.4, -0.2) is 28.5 Å². The van der Waals surface area contributed by atoms with E-state index in [2.05, 4.69) is 46.8 Å². The van der Waals surface area contributed by atoms with Gasteiger partial charge in [-0.2, -0.15) is 0 Å². The molecule has 0 aliphatic carbocycles. The molecule has 3 unspecified atom stereocenters. The second-order valence-corrected chi connectivity index (χ2v) is 5.98. The fourth-order valence-electron chi connectivity index (χ4n) is 2.87. The van der Waals surface area contributed by atoms with Crippen molar-refractivity contribution in [2.75, 3.05) is 6.54 Å². The molecule has 0 amide bonds. The van der Waals surface area contributed by atoms with Crippen molar-refractivity contribution < 1.29 is 0 Å². The van der Waals surface area contributed by atoms with Crippen LogP contribution in [0.4, 0.5) is 0 Å². The van der Waals surface area contributed by atoms with Crippen LogP contribution in [0.15, 0.2) is 17.5 Å². The van der Waals surface area contributed by atoms with E-state index in [0.29, 0.717) is 17.9 Å². The van der Waals surface area contributed by atoms with Crippen LogP contribution in [-0.2, 0) is 6.54 Å². The Morgan fingerprint density at radius 3 is 2.95 bits per heavy atom. The third-order valence-corrected chi connectivity index (χ3v) is 4.36. The molecule has 20 heavy (non-hydrogen) atoms. The van der Waals surface area contributed by atoms with Gasteiger partial charge >= 0.3 is 0 Å². The molecule has 2 rings (SSSR count). The van der Waals surface area contributed by atoms with Gasteiger partial charge in [-0.15, -0.1) is 0 Å². The number of rotatable bonds is 8. The predicted molar refractivity (Wildman–Crippen MR) is 84.2 cm³/mol. The standard InChI is InChI=1S/C16H28N4/c1-4-6-7-20-10-16(19-12-20)14(5-2)8-13(3)15-9-17-11-18-15/h10-15H,4-9H2,1-3H3,(H,17,18). The van der Waals surface area contributed by atoms with Crippen molar-refractivity contribution in [3.8, 4) is 0 Å². The summed E-state index contributed by atoms with van der Waals surface area (Å²) in [4.78, 5) is 8.90. The van der Waals surface area contributed by atoms with Gasteiger partial charge < -0.3 is 9.88 Å². The first-order valence-electron chi connectivity index (χ1n) is 8.00. The zero-order valence-electron chi connectivity index (χ0n) is 13.0. The van der Waals surface area contributed by atoms with Gasteiger partial charge in [-0.25, -0.2) is 4.98 Å². The highest BCUT2D eigenvalue weighted by molar-refractivity contribution is 5.57. The molecule has 0 fully saturated rings. The van der Waals surface area contributed by atoms with Gasteiger partial charge in [-0.1, -0.05) is 27.2 Å². The minimum absolute atomic E-state index is 0.506. The van der Waals surface area contributed by atoms with Gasteiger partial charge in [-0.05, 0) is 25.2 Å². The summed E-state index contributed by atoms with van der Waals surface area (Å²) in [7, 11) is 0. The number of nitrogens with zero attached hydrogens (tertiary/aromatic N) is 3. The van der Waals surface area contributed by atoms with Gasteiger partial charge in [-0.3, -0.25) is 4.99 Å². The van der Waals surface area contributed by atoms with E-state index in [1.54, 1.807) is 0 Å². The SMILES string of the molecule is CCCCn1cnc(C(CC)CC(C)C2CN=CN2)c1. The minimum atomic E-state index is 0.506. The number of aliphatic imine (C=N–C) groups is 1. The Morgan fingerprint density at radius 2 is 2.30 bits per heavy atom. The first kappa shape index (κ1) is 15.1. The lowest BCUT2D eigenvalue weighted by atomic mass is 9.87. The van der Waals surface area contributed by atoms with E-state index < -0.39 is 0 Å². The molecular formula is C16H28N4. The van der Waals surface area contributed by atoms with Crippen LogP contribution in [0.1, 0.15) is 58.1 Å². The van der Waals surface area contributed by atoms with Gasteiger partial charge in [0.05, 0.1) is 24.9 Å². The van der Waals surface area contributed by atoms with E-state index in [9.17, 15) is 0 Å². The Labute approximate surface area is 122 Å². The van der Waals surface area contributed by atoms with E-state index in [1.165, 1.54) is 25.0 Å². The molecule has 4 nitrogen and oxygen atoms in total. The zero-order chi connectivity index (χ0) is 14.4. The topological polar surface area (TPSA) is 42.2 Å². The summed E-state index contributed by atoms with van der Waals surface area (Å²) in [5, 5.41) is 3.35. The monoisotopic (exact) mass is 276 g/mol. The number of hydrogen-bond acceptors (Lipinski definition) is 3. The van der Waals surface area contributed by atoms with Crippen molar-refractivity contribution in [1.82, 2.24) is 14.9 Å². The Balaban J connectivity index is 1.91. The van der Waals surface area contributed by atoms with Crippen molar-refractivity contribution in [2.24, 2.45) is 10.9 Å². The summed E-state index contributed by atoms with van der Waals surface area (Å²) in [6.07, 6.45) is 10.9. The van der Waals surface area contributed by atoms with E-state index in [-0.39, 0.29) is 0 Å². The first-order valence-corrected chi connectivity index (χ1v) is 8.00. The zero-order valence-corrected chi connectivity index (χ0v) is 13.0. The fourth-order valence-corrected chi connectivity index (χ4v) is 2.87. The van der Waals surface area contributed by atoms with E-state index in [0.717, 1.165) is 19.5 Å². The highest BCUT2D eigenvalue weighted by atomic mass is 15.1. The average Bonchev–Trinajstić information content (AvgIpc) is 3.13. The molecule has 2 heterocycles. The summed E-state index contributed by atoms with van der Waals surface area (Å²) in [6.45, 7) is 8.82. The third-order valence-electron chi connectivity index (χ3n) is 4.36. The van der Waals surface area contributed by atoms with Crippen molar-refractivity contribution in [2.45, 2.75) is 65.0 Å². The Hall–Kier alpha value is -1.32. The molecule has 0 saturated carbocycles. The quantitative estimate of drug-likeness (QED) is 0.792. The second kappa shape index (κ2) is 7.46. The molecule has 0 spiro atoms. The minimum Gasteiger partial charge on any atom is -0.372 e. The molecule has 0 radical (unpaired) electrons. The van der Waals surface area contributed by atoms with Crippen LogP contribution in [0, 0.1) is 5.92 Å². The van der Waals surface area contributed by atoms with E-state index in [1.807, 2.05) is 12.7 Å². The van der Waals surface area contributed by atoms with E-state index in [4.69, 9.17) is 0 Å². The number of unbranched alkanes of at least 4 members (excludes halogenated alkanes) is 1. The molecular weight excluding hydrogens is 248 g/mol. The normalized spacial score (nSPS) is 20.9. The smallest absolute Gasteiger partial charge is 0.0949 e. The van der Waals surface area contributed by atoms with Gasteiger partial charge in [0, 0.05) is 24.7 Å². The maximum Gasteiger partial charge on any atom is 0.0949 e. The van der Waals surface area contributed by atoms with Crippen LogP contribution in [0.5, 0.6) is 0 Å². The molecule has 0 saturated heterocycles. The Kier molecular flexibility index (Phi) is 5.62. The van der Waals surface area contributed by atoms with Crippen LogP contribution in [0.3, 0.4) is 0 Å². The van der Waals surface area contributed by atoms with E-state index >= 15 is 0 Å². The van der Waals surface area contributed by atoms with Crippen LogP contribution < -0.4 is 5.32 Å². The first-order chi connectivity index (χ1) is 9.74. The van der Waals surface area contributed by atoms with Gasteiger partial charge in [0.25, 0.3) is 0 Å². The fraction of sp³-hybridized carbons (Fsp3) is 0.750. The number of hydrogen-bond donors (Lipinski definition) is 1. The summed E-state index contributed by atoms with van der Waals surface area (Å²) in [5.41, 5.74) is 1.26. The predicted octanol–water partition coefficient (Wildman–Crippen LogP) is 3.20. The molecule has 4 heteroatoms. The maximum atomic E-state index is 4.63. The van der Waals surface area contributed by atoms with Crippen LogP contribution in [0.25, 0.3) is 0 Å². The average molecular weight is 276 g/mol. The number of aromatic nitrogens is 2. The third kappa shape index (κ3) is 3.84. The molecule has 0 bridgehead atoms. The van der Waals surface area contributed by atoms with Crippen molar-refractivity contribution in [3.63, 3.8) is 0 Å². The second-order valence-electron chi connectivity index (χ2n) is 5.98. The largest absolute Gasteiger partial charge is 0.372 e. The summed E-state index contributed by atoms with van der Waals surface area (Å²) < 4.78 is 2.24. The van der Waals surface area contributed by atoms with Gasteiger partial charge in [0.1, 0.15) is 0 Å². The van der Waals surface area contributed by atoms with Crippen molar-refractivity contribution in [1.29, 1.82) is 0 Å². The lowest BCUT2D eigenvalue weighted by Crippen LogP contribution is -2.32. The van der Waals surface area contributed by atoms with Crippen LogP contribution in [0.2, 0.25) is 0 Å². The molecule has 1 aromatic rings. The number of aryl methyl sites for hydroxylation is 1. The number of nitrogens with one attached hydrogen (secondary N) is 1. The Bertz CT molecular complexity index is 416. The molecule has 1 aromatic heterocycles. The van der Waals surface area contributed by atoms with Crippen LogP contribution >= 0.6 is 0 Å². The highest BCUT2D eigenvalue weighted by Gasteiger charge is 2.23. The highest BCUT2D eigenvalue weighted by Crippen LogP contribution is 2.27. The molecule has 112 valence electrons. The number of imidazole rings is 1. The summed E-state index contributed by atoms with van der Waals surface area (Å²) in [5.74, 6) is 1.19. The lowest BCUT2D eigenvalue weighted by molar-refractivity contribution is 0.378. The van der Waals surface area contributed by atoms with Gasteiger partial charge in [0.15, 0.2) is 0 Å². The Morgan fingerprint density at radius 1 is 1.45 bits per heavy atom. The molecule has 1 aliphatic rings. The molecule has 1 N–H and O–H groups in total. The maximum absolute atomic E-state index is 4.63. The van der Waals surface area contributed by atoms with Crippen molar-refractivity contribution in [3.05, 3.63) is 18.2 Å². The van der Waals surface area contributed by atoms with Gasteiger partial charge in [0.2, 0.25) is 0 Å².